The third-order valence-electron chi connectivity index (χ3n) is 5.77. The van der Waals surface area contributed by atoms with Crippen molar-refractivity contribution in [2.75, 3.05) is 10.6 Å². The average molecular weight is 511 g/mol. The number of hydrogen-bond donors (Lipinski definition) is 2. The normalized spacial score (nSPS) is 14.0. The van der Waals surface area contributed by atoms with Crippen molar-refractivity contribution in [1.82, 2.24) is 9.97 Å². The minimum absolute atomic E-state index is 0.115. The summed E-state index contributed by atoms with van der Waals surface area (Å²) >= 11 is 0. The van der Waals surface area contributed by atoms with Gasteiger partial charge >= 0.3 is 0 Å². The summed E-state index contributed by atoms with van der Waals surface area (Å²) in [5.74, 6) is 2.68. The molecule has 2 amide bonds. The molecule has 9 nitrogen and oxygen atoms in total. The highest BCUT2D eigenvalue weighted by Gasteiger charge is 2.22. The van der Waals surface area contributed by atoms with Crippen molar-refractivity contribution in [2.24, 2.45) is 0 Å². The number of carbonyl (C=O) groups excluding carboxylic acids is 2. The highest BCUT2D eigenvalue weighted by Crippen LogP contribution is 2.38. The number of fused-ring (bicyclic) bond motifs is 1. The van der Waals surface area contributed by atoms with Crippen molar-refractivity contribution in [2.45, 2.75) is 32.8 Å². The summed E-state index contributed by atoms with van der Waals surface area (Å²) in [6, 6.07) is 20.4. The fourth-order valence-electron chi connectivity index (χ4n) is 4.12. The van der Waals surface area contributed by atoms with E-state index >= 15 is 0 Å². The van der Waals surface area contributed by atoms with Gasteiger partial charge in [0, 0.05) is 26.0 Å². The summed E-state index contributed by atoms with van der Waals surface area (Å²) in [7, 11) is 0. The molecule has 1 aliphatic heterocycles. The van der Waals surface area contributed by atoms with Crippen LogP contribution in [0.2, 0.25) is 0 Å². The Bertz CT molecular complexity index is 1460. The molecule has 0 radical (unpaired) electrons. The maximum absolute atomic E-state index is 11.2. The molecule has 0 saturated heterocycles. The van der Waals surface area contributed by atoms with Gasteiger partial charge in [-0.1, -0.05) is 12.1 Å². The number of amides is 2. The molecule has 9 heteroatoms. The zero-order valence-electron chi connectivity index (χ0n) is 20.9. The predicted octanol–water partition coefficient (Wildman–Crippen LogP) is 6.04. The molecule has 0 spiro atoms. The van der Waals surface area contributed by atoms with Crippen molar-refractivity contribution >= 4 is 23.2 Å². The number of pyridine rings is 2. The molecule has 0 bridgehead atoms. The first-order valence-corrected chi connectivity index (χ1v) is 12.1. The SMILES string of the molecule is CC(=O)Nc1ccc(Oc2cccc(C3CCc4cc(Oc5ccc(NC(C)=O)cn5)ccc4O3)c2)nc1. The van der Waals surface area contributed by atoms with Gasteiger partial charge in [0.2, 0.25) is 23.6 Å². The minimum atomic E-state index is -0.155. The lowest BCUT2D eigenvalue weighted by molar-refractivity contribution is -0.115. The topological polar surface area (TPSA) is 112 Å². The summed E-state index contributed by atoms with van der Waals surface area (Å²) in [6.07, 6.45) is 4.61. The summed E-state index contributed by atoms with van der Waals surface area (Å²) in [5.41, 5.74) is 3.29. The molecular formula is C29H26N4O5. The Morgan fingerprint density at radius 3 is 2.03 bits per heavy atom. The van der Waals surface area contributed by atoms with Crippen molar-refractivity contribution in [3.05, 3.63) is 90.3 Å². The molecular weight excluding hydrogens is 484 g/mol. The first kappa shape index (κ1) is 24.8. The van der Waals surface area contributed by atoms with Crippen LogP contribution in [0.15, 0.2) is 79.1 Å². The maximum atomic E-state index is 11.2. The fourth-order valence-corrected chi connectivity index (χ4v) is 4.12. The first-order valence-electron chi connectivity index (χ1n) is 12.1. The van der Waals surface area contributed by atoms with E-state index in [0.717, 1.165) is 29.7 Å². The monoisotopic (exact) mass is 510 g/mol. The third kappa shape index (κ3) is 6.25. The van der Waals surface area contributed by atoms with Crippen molar-refractivity contribution < 1.29 is 23.8 Å². The summed E-state index contributed by atoms with van der Waals surface area (Å²) in [4.78, 5) is 30.8. The van der Waals surface area contributed by atoms with Crippen molar-refractivity contribution in [1.29, 1.82) is 0 Å². The van der Waals surface area contributed by atoms with Gasteiger partial charge in [0.05, 0.1) is 23.8 Å². The molecule has 38 heavy (non-hydrogen) atoms. The lowest BCUT2D eigenvalue weighted by Gasteiger charge is -2.27. The Morgan fingerprint density at radius 1 is 0.816 bits per heavy atom. The number of carbonyl (C=O) groups is 2. The number of rotatable bonds is 7. The molecule has 2 aromatic heterocycles. The van der Waals surface area contributed by atoms with E-state index in [0.29, 0.717) is 34.6 Å². The van der Waals surface area contributed by atoms with Crippen LogP contribution in [0.1, 0.15) is 37.5 Å². The van der Waals surface area contributed by atoms with Gasteiger partial charge in [-0.25, -0.2) is 9.97 Å². The second kappa shape index (κ2) is 11.0. The molecule has 0 fully saturated rings. The Morgan fingerprint density at radius 2 is 1.45 bits per heavy atom. The van der Waals surface area contributed by atoms with Crippen LogP contribution in [-0.4, -0.2) is 21.8 Å². The maximum Gasteiger partial charge on any atom is 0.221 e. The number of hydrogen-bond acceptors (Lipinski definition) is 7. The zero-order chi connectivity index (χ0) is 26.5. The second-order valence-electron chi connectivity index (χ2n) is 8.82. The van der Waals surface area contributed by atoms with Gasteiger partial charge in [-0.3, -0.25) is 9.59 Å². The summed E-state index contributed by atoms with van der Waals surface area (Å²) in [6.45, 7) is 2.89. The van der Waals surface area contributed by atoms with E-state index in [9.17, 15) is 9.59 Å². The number of aryl methyl sites for hydroxylation is 1. The number of anilines is 2. The fraction of sp³-hybridized carbons (Fsp3) is 0.172. The molecule has 192 valence electrons. The first-order chi connectivity index (χ1) is 18.4. The molecule has 1 atom stereocenters. The quantitative estimate of drug-likeness (QED) is 0.312. The van der Waals surface area contributed by atoms with E-state index < -0.39 is 0 Å². The lowest BCUT2D eigenvalue weighted by Crippen LogP contribution is -2.15. The van der Waals surface area contributed by atoms with Crippen LogP contribution < -0.4 is 24.8 Å². The molecule has 3 heterocycles. The molecule has 0 saturated carbocycles. The van der Waals surface area contributed by atoms with Crippen LogP contribution in [0.5, 0.6) is 29.0 Å². The van der Waals surface area contributed by atoms with Crippen molar-refractivity contribution in [3.63, 3.8) is 0 Å². The molecule has 4 aromatic rings. The van der Waals surface area contributed by atoms with E-state index in [1.165, 1.54) is 13.8 Å². The Kier molecular flexibility index (Phi) is 7.17. The van der Waals surface area contributed by atoms with Crippen LogP contribution in [0.3, 0.4) is 0 Å². The van der Waals surface area contributed by atoms with Gasteiger partial charge in [0.25, 0.3) is 0 Å². The second-order valence-corrected chi connectivity index (χ2v) is 8.82. The molecule has 1 aliphatic rings. The number of nitrogens with zero attached hydrogens (tertiary/aromatic N) is 2. The molecule has 2 aromatic carbocycles. The van der Waals surface area contributed by atoms with E-state index in [1.807, 2.05) is 42.5 Å². The van der Waals surface area contributed by atoms with Crippen LogP contribution in [-0.2, 0) is 16.0 Å². The Hall–Kier alpha value is -4.92. The number of benzene rings is 2. The Labute approximate surface area is 219 Å². The van der Waals surface area contributed by atoms with Gasteiger partial charge in [-0.15, -0.1) is 0 Å². The third-order valence-corrected chi connectivity index (χ3v) is 5.77. The van der Waals surface area contributed by atoms with Crippen molar-refractivity contribution in [3.8, 4) is 29.0 Å². The van der Waals surface area contributed by atoms with Crippen LogP contribution in [0, 0.1) is 0 Å². The highest BCUT2D eigenvalue weighted by atomic mass is 16.5. The van der Waals surface area contributed by atoms with Gasteiger partial charge in [-0.2, -0.15) is 0 Å². The average Bonchev–Trinajstić information content (AvgIpc) is 2.90. The number of ether oxygens (including phenoxy) is 3. The van der Waals surface area contributed by atoms with Crippen LogP contribution in [0.25, 0.3) is 0 Å². The van der Waals surface area contributed by atoms with Crippen LogP contribution in [0.4, 0.5) is 11.4 Å². The van der Waals surface area contributed by atoms with Gasteiger partial charge in [0.15, 0.2) is 0 Å². The van der Waals surface area contributed by atoms with E-state index in [4.69, 9.17) is 14.2 Å². The molecule has 5 rings (SSSR count). The zero-order valence-corrected chi connectivity index (χ0v) is 20.9. The summed E-state index contributed by atoms with van der Waals surface area (Å²) < 4.78 is 18.1. The van der Waals surface area contributed by atoms with E-state index in [-0.39, 0.29) is 17.9 Å². The smallest absolute Gasteiger partial charge is 0.221 e. The molecule has 1 unspecified atom stereocenters. The van der Waals surface area contributed by atoms with Gasteiger partial charge in [0.1, 0.15) is 23.4 Å². The predicted molar refractivity (Wildman–Crippen MR) is 142 cm³/mol. The van der Waals surface area contributed by atoms with E-state index in [1.54, 1.807) is 36.7 Å². The number of aromatic nitrogens is 2. The lowest BCUT2D eigenvalue weighted by atomic mass is 9.97. The highest BCUT2D eigenvalue weighted by molar-refractivity contribution is 5.88. The van der Waals surface area contributed by atoms with Crippen LogP contribution >= 0.6 is 0 Å². The molecule has 0 aliphatic carbocycles. The van der Waals surface area contributed by atoms with Gasteiger partial charge < -0.3 is 24.8 Å². The largest absolute Gasteiger partial charge is 0.485 e. The Balaban J connectivity index is 1.22. The summed E-state index contributed by atoms with van der Waals surface area (Å²) in [5, 5.41) is 5.36. The standard InChI is InChI=1S/C29H26N4O5/c1-18(34)32-22-7-12-28(30-16-22)36-24-5-3-4-20(14-24)26-10-6-21-15-25(9-11-27(21)38-26)37-29-13-8-23(17-31-29)33-19(2)35/h3-5,7-9,11-17,26H,6,10H2,1-2H3,(H,32,34)(H,33,35). The van der Waals surface area contributed by atoms with E-state index in [2.05, 4.69) is 20.6 Å². The molecule has 2 N–H and O–H groups in total. The minimum Gasteiger partial charge on any atom is -0.485 e. The number of nitrogens with one attached hydrogen (secondary N) is 2. The van der Waals surface area contributed by atoms with Gasteiger partial charge in [-0.05, 0) is 66.4 Å².